The molecule has 0 aliphatic carbocycles. The number of halogens is 1. The zero-order valence-corrected chi connectivity index (χ0v) is 17.5. The molecule has 1 aliphatic rings. The summed E-state index contributed by atoms with van der Waals surface area (Å²) in [4.78, 5) is 4.16. The highest BCUT2D eigenvalue weighted by Crippen LogP contribution is 2.36. The Morgan fingerprint density at radius 2 is 2.00 bits per heavy atom. The summed E-state index contributed by atoms with van der Waals surface area (Å²) >= 11 is 1.98. The van der Waals surface area contributed by atoms with E-state index >= 15 is 0 Å². The van der Waals surface area contributed by atoms with Gasteiger partial charge in [0, 0.05) is 31.1 Å². The number of rotatable bonds is 5. The minimum Gasteiger partial charge on any atom is -0.355 e. The van der Waals surface area contributed by atoms with Crippen LogP contribution in [0.25, 0.3) is 0 Å². The Labute approximate surface area is 150 Å². The molecule has 1 heterocycles. The molecular weight excluding hydrogens is 421 g/mol. The Hall–Kier alpha value is 0.300. The number of hydrogen-bond acceptors (Lipinski definition) is 4. The van der Waals surface area contributed by atoms with Gasteiger partial charge in [0.2, 0.25) is 0 Å². The van der Waals surface area contributed by atoms with Crippen molar-refractivity contribution in [1.29, 1.82) is 0 Å². The molecule has 0 spiro atoms. The Morgan fingerprint density at radius 1 is 1.38 bits per heavy atom. The maximum Gasteiger partial charge on any atom is 0.191 e. The highest BCUT2D eigenvalue weighted by atomic mass is 127. The molecule has 21 heavy (non-hydrogen) atoms. The van der Waals surface area contributed by atoms with Crippen molar-refractivity contribution in [2.45, 2.75) is 43.1 Å². The van der Waals surface area contributed by atoms with Crippen molar-refractivity contribution in [3.05, 3.63) is 0 Å². The van der Waals surface area contributed by atoms with Crippen LogP contribution in [0.5, 0.6) is 0 Å². The third-order valence-corrected chi connectivity index (χ3v) is 7.53. The zero-order valence-electron chi connectivity index (χ0n) is 13.5. The number of hydrogen-bond donors (Lipinski definition) is 2. The van der Waals surface area contributed by atoms with Gasteiger partial charge in [-0.3, -0.25) is 4.99 Å². The molecule has 0 aromatic heterocycles. The highest BCUT2D eigenvalue weighted by Gasteiger charge is 2.31. The molecule has 1 unspecified atom stereocenters. The molecule has 0 aromatic carbocycles. The van der Waals surface area contributed by atoms with Gasteiger partial charge in [-0.2, -0.15) is 11.8 Å². The van der Waals surface area contributed by atoms with Gasteiger partial charge < -0.3 is 10.6 Å². The van der Waals surface area contributed by atoms with Crippen molar-refractivity contribution in [3.63, 3.8) is 0 Å². The molecule has 0 saturated carbocycles. The van der Waals surface area contributed by atoms with Crippen LogP contribution >= 0.6 is 35.7 Å². The number of guanidine groups is 1. The molecule has 0 amide bonds. The third-order valence-electron chi connectivity index (χ3n) is 3.84. The fourth-order valence-electron chi connectivity index (χ4n) is 1.90. The summed E-state index contributed by atoms with van der Waals surface area (Å²) in [5, 5.41) is 6.41. The van der Waals surface area contributed by atoms with Crippen LogP contribution in [0, 0.1) is 0 Å². The number of thioether (sulfide) groups is 1. The van der Waals surface area contributed by atoms with Gasteiger partial charge in [0.15, 0.2) is 15.8 Å². The standard InChI is InChI=1S/C13H27N3O2S2.HI/c1-12(2,20(5,17)18)9-15-11(14-4)16-10-13(3)7-6-8-19-13;/h6-10H2,1-5H3,(H2,14,15,16);1H. The number of sulfone groups is 1. The summed E-state index contributed by atoms with van der Waals surface area (Å²) < 4.78 is 22.8. The predicted octanol–water partition coefficient (Wildman–Crippen LogP) is 1.88. The van der Waals surface area contributed by atoms with Crippen LogP contribution in [0.3, 0.4) is 0 Å². The lowest BCUT2D eigenvalue weighted by Crippen LogP contribution is -2.49. The minimum absolute atomic E-state index is 0. The molecule has 1 atom stereocenters. The second-order valence-corrected chi connectivity index (χ2v) is 10.5. The lowest BCUT2D eigenvalue weighted by atomic mass is 10.1. The van der Waals surface area contributed by atoms with Gasteiger partial charge in [-0.15, -0.1) is 24.0 Å². The monoisotopic (exact) mass is 449 g/mol. The van der Waals surface area contributed by atoms with Crippen LogP contribution in [-0.2, 0) is 9.84 Å². The van der Waals surface area contributed by atoms with Gasteiger partial charge in [0.1, 0.15) is 0 Å². The Morgan fingerprint density at radius 3 is 2.43 bits per heavy atom. The maximum atomic E-state index is 11.7. The number of nitrogens with one attached hydrogen (secondary N) is 2. The zero-order chi connectivity index (χ0) is 15.4. The van der Waals surface area contributed by atoms with E-state index in [2.05, 4.69) is 22.5 Å². The quantitative estimate of drug-likeness (QED) is 0.381. The van der Waals surface area contributed by atoms with E-state index in [-0.39, 0.29) is 28.7 Å². The molecular formula is C13H28IN3O2S2. The molecule has 2 N–H and O–H groups in total. The molecule has 0 radical (unpaired) electrons. The van der Waals surface area contributed by atoms with Crippen LogP contribution in [0.1, 0.15) is 33.6 Å². The molecule has 5 nitrogen and oxygen atoms in total. The molecule has 1 fully saturated rings. The van der Waals surface area contributed by atoms with Crippen molar-refractivity contribution in [2.75, 3.05) is 32.1 Å². The third kappa shape index (κ3) is 6.52. The molecule has 1 rings (SSSR count). The van der Waals surface area contributed by atoms with E-state index in [0.717, 1.165) is 6.54 Å². The van der Waals surface area contributed by atoms with Crippen LogP contribution in [0.15, 0.2) is 4.99 Å². The van der Waals surface area contributed by atoms with Crippen LogP contribution in [-0.4, -0.2) is 56.0 Å². The molecule has 8 heteroatoms. The van der Waals surface area contributed by atoms with E-state index < -0.39 is 14.6 Å². The summed E-state index contributed by atoms with van der Waals surface area (Å²) in [5.41, 5.74) is 0. The van der Waals surface area contributed by atoms with Crippen LogP contribution < -0.4 is 10.6 Å². The van der Waals surface area contributed by atoms with Gasteiger partial charge in [0.05, 0.1) is 4.75 Å². The Bertz CT molecular complexity index is 458. The van der Waals surface area contributed by atoms with Gasteiger partial charge in [-0.1, -0.05) is 0 Å². The lowest BCUT2D eigenvalue weighted by Gasteiger charge is -2.27. The smallest absolute Gasteiger partial charge is 0.191 e. The molecule has 0 aromatic rings. The van der Waals surface area contributed by atoms with E-state index in [9.17, 15) is 8.42 Å². The fraction of sp³-hybridized carbons (Fsp3) is 0.923. The van der Waals surface area contributed by atoms with E-state index in [4.69, 9.17) is 0 Å². The van der Waals surface area contributed by atoms with Crippen LogP contribution in [0.4, 0.5) is 0 Å². The van der Waals surface area contributed by atoms with E-state index in [1.807, 2.05) is 11.8 Å². The molecule has 126 valence electrons. The number of aliphatic imine (C=N–C) groups is 1. The average molecular weight is 449 g/mol. The topological polar surface area (TPSA) is 70.6 Å². The first kappa shape index (κ1) is 21.3. The van der Waals surface area contributed by atoms with Gasteiger partial charge >= 0.3 is 0 Å². The molecule has 1 saturated heterocycles. The predicted molar refractivity (Wildman–Crippen MR) is 104 cm³/mol. The van der Waals surface area contributed by atoms with Gasteiger partial charge in [0.25, 0.3) is 0 Å². The highest BCUT2D eigenvalue weighted by molar-refractivity contribution is 14.0. The first-order chi connectivity index (χ1) is 9.10. The number of nitrogens with zero attached hydrogens (tertiary/aromatic N) is 1. The van der Waals surface area contributed by atoms with E-state index in [1.165, 1.54) is 24.9 Å². The first-order valence-electron chi connectivity index (χ1n) is 6.88. The summed E-state index contributed by atoms with van der Waals surface area (Å²) in [6, 6.07) is 0. The van der Waals surface area contributed by atoms with Crippen molar-refractivity contribution in [2.24, 2.45) is 4.99 Å². The maximum absolute atomic E-state index is 11.7. The largest absolute Gasteiger partial charge is 0.355 e. The molecule has 1 aliphatic heterocycles. The van der Waals surface area contributed by atoms with Crippen LogP contribution in [0.2, 0.25) is 0 Å². The SMILES string of the molecule is CN=C(NCC1(C)CCCS1)NCC(C)(C)S(C)(=O)=O.I. The normalized spacial score (nSPS) is 23.6. The summed E-state index contributed by atoms with van der Waals surface area (Å²) in [5.74, 6) is 1.88. The second kappa shape index (κ2) is 8.24. The van der Waals surface area contributed by atoms with E-state index in [1.54, 1.807) is 20.9 Å². The second-order valence-electron chi connectivity index (χ2n) is 6.21. The lowest BCUT2D eigenvalue weighted by molar-refractivity contribution is 0.541. The van der Waals surface area contributed by atoms with Crippen molar-refractivity contribution in [3.8, 4) is 0 Å². The minimum atomic E-state index is -3.10. The molecule has 0 bridgehead atoms. The van der Waals surface area contributed by atoms with Crippen molar-refractivity contribution >= 4 is 51.5 Å². The van der Waals surface area contributed by atoms with E-state index in [0.29, 0.717) is 12.5 Å². The fourth-order valence-corrected chi connectivity index (χ4v) is 3.47. The Balaban J connectivity index is 0.00000400. The first-order valence-corrected chi connectivity index (χ1v) is 9.75. The summed E-state index contributed by atoms with van der Waals surface area (Å²) in [6.07, 6.45) is 3.73. The van der Waals surface area contributed by atoms with Gasteiger partial charge in [-0.25, -0.2) is 8.42 Å². The summed E-state index contributed by atoms with van der Waals surface area (Å²) in [6.45, 7) is 6.88. The van der Waals surface area contributed by atoms with Crippen molar-refractivity contribution < 1.29 is 8.42 Å². The van der Waals surface area contributed by atoms with Crippen molar-refractivity contribution in [1.82, 2.24) is 10.6 Å². The Kier molecular flexibility index (Phi) is 8.35. The summed E-state index contributed by atoms with van der Waals surface area (Å²) in [7, 11) is -1.40. The average Bonchev–Trinajstić information content (AvgIpc) is 2.75. The van der Waals surface area contributed by atoms with Gasteiger partial charge in [-0.05, 0) is 39.4 Å².